The van der Waals surface area contributed by atoms with Gasteiger partial charge < -0.3 is 19.7 Å². The maximum absolute atomic E-state index is 12.6. The number of hydrogen-bond acceptors (Lipinski definition) is 5. The Hall–Kier alpha value is -3.87. The average Bonchev–Trinajstić information content (AvgIpc) is 3.12. The fourth-order valence-electron chi connectivity index (χ4n) is 2.93. The van der Waals surface area contributed by atoms with E-state index in [2.05, 4.69) is 15.3 Å². The van der Waals surface area contributed by atoms with Crippen molar-refractivity contribution in [3.63, 3.8) is 0 Å². The van der Waals surface area contributed by atoms with Crippen LogP contribution in [-0.4, -0.2) is 32.7 Å². The topological polar surface area (TPSA) is 89.3 Å². The lowest BCUT2D eigenvalue weighted by Crippen LogP contribution is -2.12. The molecule has 2 aromatic heterocycles. The molecule has 4 aromatic rings. The summed E-state index contributed by atoms with van der Waals surface area (Å²) in [6.45, 7) is 0.656. The van der Waals surface area contributed by atoms with Crippen molar-refractivity contribution >= 4 is 22.8 Å². The van der Waals surface area contributed by atoms with Crippen LogP contribution in [0.3, 0.4) is 0 Å². The Labute approximate surface area is 161 Å². The number of ether oxygens (including phenoxy) is 1. The number of phenolic OH excluding ortho intramolecular Hbond substituents is 1. The van der Waals surface area contributed by atoms with Crippen molar-refractivity contribution in [2.75, 3.05) is 12.4 Å². The van der Waals surface area contributed by atoms with E-state index in [1.165, 1.54) is 19.4 Å². The highest BCUT2D eigenvalue weighted by atomic mass is 16.5. The number of carbonyl (C=O) groups is 1. The first-order valence-corrected chi connectivity index (χ1v) is 8.67. The number of amides is 1. The molecule has 0 atom stereocenters. The molecule has 0 saturated heterocycles. The molecular weight excluding hydrogens is 356 g/mol. The molecule has 0 aliphatic rings. The Bertz CT molecular complexity index is 1140. The van der Waals surface area contributed by atoms with E-state index >= 15 is 0 Å². The maximum atomic E-state index is 12.6. The second-order valence-electron chi connectivity index (χ2n) is 6.27. The first-order valence-electron chi connectivity index (χ1n) is 8.67. The molecule has 4 rings (SSSR count). The van der Waals surface area contributed by atoms with Gasteiger partial charge >= 0.3 is 0 Å². The minimum atomic E-state index is -0.320. The first kappa shape index (κ1) is 17.5. The highest BCUT2D eigenvalue weighted by molar-refractivity contribution is 6.05. The predicted octanol–water partition coefficient (Wildman–Crippen LogP) is 3.45. The number of phenols is 1. The molecule has 0 bridgehead atoms. The molecule has 7 nitrogen and oxygen atoms in total. The molecule has 1 amide bonds. The van der Waals surface area contributed by atoms with E-state index in [1.54, 1.807) is 24.5 Å². The molecule has 0 aliphatic carbocycles. The van der Waals surface area contributed by atoms with E-state index in [0.29, 0.717) is 29.0 Å². The van der Waals surface area contributed by atoms with Crippen molar-refractivity contribution in [2.24, 2.45) is 0 Å². The minimum Gasteiger partial charge on any atom is -0.504 e. The van der Waals surface area contributed by atoms with Crippen molar-refractivity contribution in [2.45, 2.75) is 6.54 Å². The number of aromatic nitrogens is 3. The van der Waals surface area contributed by atoms with Gasteiger partial charge in [-0.1, -0.05) is 30.3 Å². The molecule has 0 spiro atoms. The number of rotatable bonds is 5. The van der Waals surface area contributed by atoms with Crippen molar-refractivity contribution in [3.8, 4) is 11.5 Å². The zero-order chi connectivity index (χ0) is 19.5. The highest BCUT2D eigenvalue weighted by Crippen LogP contribution is 2.28. The summed E-state index contributed by atoms with van der Waals surface area (Å²) in [5, 5.41) is 12.4. The normalized spacial score (nSPS) is 10.8. The molecule has 0 unspecified atom stereocenters. The fraction of sp³-hybridized carbons (Fsp3) is 0.0952. The third-order valence-electron chi connectivity index (χ3n) is 4.35. The van der Waals surface area contributed by atoms with E-state index in [4.69, 9.17) is 4.74 Å². The summed E-state index contributed by atoms with van der Waals surface area (Å²) >= 11 is 0. The van der Waals surface area contributed by atoms with E-state index in [1.807, 2.05) is 34.9 Å². The number of imidazole rings is 1. The van der Waals surface area contributed by atoms with Crippen LogP contribution >= 0.6 is 0 Å². The molecular formula is C21H18N4O3. The molecule has 7 heteroatoms. The monoisotopic (exact) mass is 374 g/mol. The number of nitrogens with one attached hydrogen (secondary N) is 1. The van der Waals surface area contributed by atoms with Gasteiger partial charge in [0.05, 0.1) is 25.5 Å². The number of nitrogens with zero attached hydrogens (tertiary/aromatic N) is 3. The summed E-state index contributed by atoms with van der Waals surface area (Å²) in [4.78, 5) is 21.3. The van der Waals surface area contributed by atoms with Gasteiger partial charge in [0, 0.05) is 18.0 Å². The van der Waals surface area contributed by atoms with E-state index in [0.717, 1.165) is 5.56 Å². The number of methoxy groups -OCH3 is 1. The fourth-order valence-corrected chi connectivity index (χ4v) is 2.93. The second kappa shape index (κ2) is 7.40. The summed E-state index contributed by atoms with van der Waals surface area (Å²) in [7, 11) is 1.45. The quantitative estimate of drug-likeness (QED) is 0.522. The van der Waals surface area contributed by atoms with Crippen molar-refractivity contribution in [1.82, 2.24) is 14.5 Å². The molecule has 0 saturated carbocycles. The van der Waals surface area contributed by atoms with Gasteiger partial charge in [0.1, 0.15) is 5.52 Å². The van der Waals surface area contributed by atoms with Crippen LogP contribution < -0.4 is 10.1 Å². The third-order valence-corrected chi connectivity index (χ3v) is 4.35. The molecule has 0 fully saturated rings. The molecule has 28 heavy (non-hydrogen) atoms. The van der Waals surface area contributed by atoms with Crippen LogP contribution in [0, 0.1) is 0 Å². The maximum Gasteiger partial charge on any atom is 0.257 e. The lowest BCUT2D eigenvalue weighted by Gasteiger charge is -2.08. The van der Waals surface area contributed by atoms with E-state index < -0.39 is 0 Å². The van der Waals surface area contributed by atoms with Crippen LogP contribution in [0.25, 0.3) is 11.2 Å². The number of anilines is 1. The van der Waals surface area contributed by atoms with Crippen LogP contribution in [0.5, 0.6) is 11.5 Å². The standard InChI is InChI=1S/C21H18N4O3/c1-28-19-10-16(7-8-18(19)26)24-21(27)15-9-17-20(22-11-15)25(13-23-17)12-14-5-3-2-4-6-14/h2-11,13,26H,12H2,1H3,(H,24,27). The van der Waals surface area contributed by atoms with E-state index in [9.17, 15) is 9.90 Å². The Balaban J connectivity index is 1.55. The first-order chi connectivity index (χ1) is 13.6. The molecule has 2 heterocycles. The molecule has 2 N–H and O–H groups in total. The van der Waals surface area contributed by atoms with Crippen molar-refractivity contribution in [1.29, 1.82) is 0 Å². The van der Waals surface area contributed by atoms with Gasteiger partial charge in [-0.05, 0) is 23.8 Å². The Morgan fingerprint density at radius 1 is 1.14 bits per heavy atom. The van der Waals surface area contributed by atoms with Crippen LogP contribution in [0.15, 0.2) is 67.1 Å². The zero-order valence-corrected chi connectivity index (χ0v) is 15.2. The molecule has 2 aromatic carbocycles. The van der Waals surface area contributed by atoms with Crippen LogP contribution in [0.1, 0.15) is 15.9 Å². The summed E-state index contributed by atoms with van der Waals surface area (Å²) in [6, 6.07) is 16.3. The Kier molecular flexibility index (Phi) is 4.63. The lowest BCUT2D eigenvalue weighted by molar-refractivity contribution is 0.102. The van der Waals surface area contributed by atoms with Crippen molar-refractivity contribution < 1.29 is 14.6 Å². The number of aromatic hydroxyl groups is 1. The number of hydrogen-bond donors (Lipinski definition) is 2. The number of benzene rings is 2. The minimum absolute atomic E-state index is 0.00698. The Morgan fingerprint density at radius 2 is 1.96 bits per heavy atom. The molecule has 0 radical (unpaired) electrons. The average molecular weight is 374 g/mol. The SMILES string of the molecule is COc1cc(NC(=O)c2cnc3c(c2)ncn3Cc2ccccc2)ccc1O. The third kappa shape index (κ3) is 3.50. The molecule has 0 aliphatic heterocycles. The van der Waals surface area contributed by atoms with Gasteiger partial charge in [-0.2, -0.15) is 0 Å². The van der Waals surface area contributed by atoms with Crippen LogP contribution in [0.2, 0.25) is 0 Å². The summed E-state index contributed by atoms with van der Waals surface area (Å²) in [5.74, 6) is -0.0293. The largest absolute Gasteiger partial charge is 0.504 e. The van der Waals surface area contributed by atoms with Gasteiger partial charge in [-0.25, -0.2) is 9.97 Å². The summed E-state index contributed by atoms with van der Waals surface area (Å²) in [6.07, 6.45) is 3.25. The van der Waals surface area contributed by atoms with E-state index in [-0.39, 0.29) is 17.4 Å². The van der Waals surface area contributed by atoms with Gasteiger partial charge in [-0.15, -0.1) is 0 Å². The lowest BCUT2D eigenvalue weighted by atomic mass is 10.2. The smallest absolute Gasteiger partial charge is 0.257 e. The van der Waals surface area contributed by atoms with Gasteiger partial charge in [0.25, 0.3) is 5.91 Å². The van der Waals surface area contributed by atoms with Gasteiger partial charge in [-0.3, -0.25) is 4.79 Å². The van der Waals surface area contributed by atoms with Crippen LogP contribution in [-0.2, 0) is 6.54 Å². The van der Waals surface area contributed by atoms with Gasteiger partial charge in [0.15, 0.2) is 17.1 Å². The molecule has 140 valence electrons. The van der Waals surface area contributed by atoms with Crippen LogP contribution in [0.4, 0.5) is 5.69 Å². The zero-order valence-electron chi connectivity index (χ0n) is 15.2. The second-order valence-corrected chi connectivity index (χ2v) is 6.27. The predicted molar refractivity (Wildman–Crippen MR) is 106 cm³/mol. The Morgan fingerprint density at radius 3 is 2.75 bits per heavy atom. The number of carbonyl (C=O) groups excluding carboxylic acids is 1. The van der Waals surface area contributed by atoms with Crippen molar-refractivity contribution in [3.05, 3.63) is 78.2 Å². The highest BCUT2D eigenvalue weighted by Gasteiger charge is 2.12. The summed E-state index contributed by atoms with van der Waals surface area (Å²) < 4.78 is 7.00. The number of pyridine rings is 1. The summed E-state index contributed by atoms with van der Waals surface area (Å²) in [5.41, 5.74) is 3.41. The number of fused-ring (bicyclic) bond motifs is 1. The van der Waals surface area contributed by atoms with Gasteiger partial charge in [0.2, 0.25) is 0 Å².